The lowest BCUT2D eigenvalue weighted by Crippen LogP contribution is -2.12. The van der Waals surface area contributed by atoms with Crippen LogP contribution in [-0.2, 0) is 0 Å². The summed E-state index contributed by atoms with van der Waals surface area (Å²) in [6, 6.07) is 6.34. The molecule has 1 aromatic rings. The number of nitrogens with zero attached hydrogens (tertiary/aromatic N) is 1. The van der Waals surface area contributed by atoms with Crippen LogP contribution in [0.3, 0.4) is 0 Å². The van der Waals surface area contributed by atoms with Gasteiger partial charge >= 0.3 is 0 Å². The molecule has 2 saturated carbocycles. The zero-order chi connectivity index (χ0) is 12.5. The molecule has 96 valence electrons. The summed E-state index contributed by atoms with van der Waals surface area (Å²) >= 11 is 0. The lowest BCUT2D eigenvalue weighted by atomic mass is 9.89. The number of hydrogen-bond donors (Lipinski definition) is 1. The molecule has 0 saturated heterocycles. The molecule has 2 fully saturated rings. The van der Waals surface area contributed by atoms with Crippen LogP contribution >= 0.6 is 0 Å². The van der Waals surface area contributed by atoms with Crippen molar-refractivity contribution in [2.24, 2.45) is 16.8 Å². The van der Waals surface area contributed by atoms with Gasteiger partial charge < -0.3 is 5.11 Å². The minimum absolute atomic E-state index is 0.377. The van der Waals surface area contributed by atoms with E-state index in [2.05, 4.69) is 0 Å². The first kappa shape index (κ1) is 11.8. The minimum Gasteiger partial charge on any atom is -0.507 e. The van der Waals surface area contributed by atoms with Crippen molar-refractivity contribution < 1.29 is 5.11 Å². The van der Waals surface area contributed by atoms with Crippen molar-refractivity contribution in [2.45, 2.75) is 45.1 Å². The van der Waals surface area contributed by atoms with Crippen molar-refractivity contribution in [3.63, 3.8) is 0 Å². The average Bonchev–Trinajstić information content (AvgIpc) is 2.66. The number of para-hydroxylation sites is 1. The Morgan fingerprint density at radius 3 is 3.00 bits per heavy atom. The van der Waals surface area contributed by atoms with Crippen LogP contribution in [0, 0.1) is 18.8 Å². The molecule has 2 aliphatic rings. The van der Waals surface area contributed by atoms with Crippen LogP contribution in [0.5, 0.6) is 5.75 Å². The summed E-state index contributed by atoms with van der Waals surface area (Å²) in [5.74, 6) is 2.09. The van der Waals surface area contributed by atoms with Gasteiger partial charge in [-0.15, -0.1) is 0 Å². The van der Waals surface area contributed by atoms with E-state index in [9.17, 15) is 5.11 Å². The summed E-state index contributed by atoms with van der Waals surface area (Å²) in [5, 5.41) is 9.97. The highest BCUT2D eigenvalue weighted by molar-refractivity contribution is 5.84. The van der Waals surface area contributed by atoms with Crippen molar-refractivity contribution in [3.05, 3.63) is 29.3 Å². The molecule has 0 heterocycles. The Bertz CT molecular complexity index is 466. The number of aryl methyl sites for hydroxylation is 1. The third-order valence-corrected chi connectivity index (χ3v) is 4.62. The van der Waals surface area contributed by atoms with Crippen LogP contribution in [0.25, 0.3) is 0 Å². The Labute approximate surface area is 109 Å². The molecule has 2 aliphatic carbocycles. The van der Waals surface area contributed by atoms with Gasteiger partial charge in [0.05, 0.1) is 6.04 Å². The lowest BCUT2D eigenvalue weighted by molar-refractivity contribution is 0.351. The number of benzene rings is 1. The molecule has 2 bridgehead atoms. The number of phenolic OH excluding ortho intramolecular Hbond substituents is 1. The second-order valence-corrected chi connectivity index (χ2v) is 5.89. The van der Waals surface area contributed by atoms with Gasteiger partial charge in [-0.2, -0.15) is 0 Å². The molecule has 18 heavy (non-hydrogen) atoms. The molecule has 2 heteroatoms. The molecule has 0 spiro atoms. The van der Waals surface area contributed by atoms with Gasteiger partial charge in [0, 0.05) is 11.8 Å². The fourth-order valence-corrected chi connectivity index (χ4v) is 3.57. The normalized spacial score (nSPS) is 31.1. The van der Waals surface area contributed by atoms with E-state index in [1.807, 2.05) is 31.3 Å². The van der Waals surface area contributed by atoms with E-state index in [0.29, 0.717) is 11.8 Å². The van der Waals surface area contributed by atoms with Crippen LogP contribution in [0.1, 0.15) is 43.2 Å². The van der Waals surface area contributed by atoms with Crippen molar-refractivity contribution in [1.82, 2.24) is 0 Å². The lowest BCUT2D eigenvalue weighted by Gasteiger charge is -2.18. The summed E-state index contributed by atoms with van der Waals surface area (Å²) in [6.07, 6.45) is 8.65. The van der Waals surface area contributed by atoms with E-state index in [0.717, 1.165) is 23.0 Å². The Kier molecular flexibility index (Phi) is 3.11. The third kappa shape index (κ3) is 2.16. The standard InChI is InChI=1S/C16H21NO/c1-11-4-2-7-14(16(11)18)10-17-15-9-12-5-3-6-13(15)8-12/h2,4,7,10,12-13,15,18H,3,5-6,8-9H2,1H3. The van der Waals surface area contributed by atoms with Crippen LogP contribution in [-0.4, -0.2) is 17.4 Å². The highest BCUT2D eigenvalue weighted by Gasteiger charge is 2.36. The molecule has 0 aromatic heterocycles. The SMILES string of the molecule is Cc1cccc(C=NC2CC3CCCC2C3)c1O. The highest BCUT2D eigenvalue weighted by atomic mass is 16.3. The van der Waals surface area contributed by atoms with Crippen LogP contribution in [0.15, 0.2) is 23.2 Å². The summed E-state index contributed by atoms with van der Waals surface area (Å²) in [6.45, 7) is 1.93. The maximum absolute atomic E-state index is 9.97. The Hall–Kier alpha value is -1.31. The monoisotopic (exact) mass is 243 g/mol. The van der Waals surface area contributed by atoms with E-state index in [4.69, 9.17) is 4.99 Å². The van der Waals surface area contributed by atoms with Crippen LogP contribution < -0.4 is 0 Å². The zero-order valence-corrected chi connectivity index (χ0v) is 11.0. The van der Waals surface area contributed by atoms with Crippen molar-refractivity contribution >= 4 is 6.21 Å². The topological polar surface area (TPSA) is 32.6 Å². The van der Waals surface area contributed by atoms with E-state index in [-0.39, 0.29) is 0 Å². The van der Waals surface area contributed by atoms with Crippen molar-refractivity contribution in [2.75, 3.05) is 0 Å². The van der Waals surface area contributed by atoms with E-state index in [1.54, 1.807) is 0 Å². The predicted molar refractivity (Wildman–Crippen MR) is 74.3 cm³/mol. The van der Waals surface area contributed by atoms with Crippen molar-refractivity contribution in [3.8, 4) is 5.75 Å². The van der Waals surface area contributed by atoms with Gasteiger partial charge in [0.15, 0.2) is 0 Å². The second-order valence-electron chi connectivity index (χ2n) is 5.89. The summed E-state index contributed by atoms with van der Waals surface area (Å²) in [4.78, 5) is 4.75. The molecule has 0 aliphatic heterocycles. The predicted octanol–water partition coefficient (Wildman–Crippen LogP) is 3.70. The number of aliphatic imine (C=N–C) groups is 1. The first-order valence-corrected chi connectivity index (χ1v) is 7.06. The number of hydrogen-bond acceptors (Lipinski definition) is 2. The first-order chi connectivity index (χ1) is 8.74. The fraction of sp³-hybridized carbons (Fsp3) is 0.562. The molecule has 3 unspecified atom stereocenters. The third-order valence-electron chi connectivity index (χ3n) is 4.62. The van der Waals surface area contributed by atoms with Gasteiger partial charge in [-0.1, -0.05) is 25.0 Å². The molecule has 2 nitrogen and oxygen atoms in total. The van der Waals surface area contributed by atoms with Gasteiger partial charge in [-0.05, 0) is 49.7 Å². The fourth-order valence-electron chi connectivity index (χ4n) is 3.57. The van der Waals surface area contributed by atoms with Crippen LogP contribution in [0.2, 0.25) is 0 Å². The van der Waals surface area contributed by atoms with E-state index in [1.165, 1.54) is 32.1 Å². The molecular formula is C16H21NO. The Morgan fingerprint density at radius 2 is 2.17 bits per heavy atom. The van der Waals surface area contributed by atoms with Gasteiger partial charge in [-0.25, -0.2) is 0 Å². The summed E-state index contributed by atoms with van der Waals surface area (Å²) in [5.41, 5.74) is 1.78. The molecule has 3 rings (SSSR count). The summed E-state index contributed by atoms with van der Waals surface area (Å²) in [7, 11) is 0. The molecule has 0 radical (unpaired) electrons. The summed E-state index contributed by atoms with van der Waals surface area (Å²) < 4.78 is 0. The zero-order valence-electron chi connectivity index (χ0n) is 11.0. The largest absolute Gasteiger partial charge is 0.507 e. The minimum atomic E-state index is 0.377. The molecule has 1 N–H and O–H groups in total. The number of rotatable bonds is 2. The average molecular weight is 243 g/mol. The van der Waals surface area contributed by atoms with E-state index >= 15 is 0 Å². The molecule has 0 amide bonds. The van der Waals surface area contributed by atoms with Crippen molar-refractivity contribution in [1.29, 1.82) is 0 Å². The number of fused-ring (bicyclic) bond motifs is 2. The maximum Gasteiger partial charge on any atom is 0.127 e. The molecule has 3 atom stereocenters. The highest BCUT2D eigenvalue weighted by Crippen LogP contribution is 2.43. The van der Waals surface area contributed by atoms with Gasteiger partial charge in [0.25, 0.3) is 0 Å². The Balaban J connectivity index is 1.76. The quantitative estimate of drug-likeness (QED) is 0.789. The Morgan fingerprint density at radius 1 is 1.28 bits per heavy atom. The van der Waals surface area contributed by atoms with Crippen LogP contribution in [0.4, 0.5) is 0 Å². The number of phenols is 1. The number of aromatic hydroxyl groups is 1. The van der Waals surface area contributed by atoms with Gasteiger partial charge in [0.2, 0.25) is 0 Å². The maximum atomic E-state index is 9.97. The van der Waals surface area contributed by atoms with E-state index < -0.39 is 0 Å². The smallest absolute Gasteiger partial charge is 0.127 e. The second kappa shape index (κ2) is 4.75. The van der Waals surface area contributed by atoms with Gasteiger partial charge in [0.1, 0.15) is 5.75 Å². The molecular weight excluding hydrogens is 222 g/mol. The first-order valence-electron chi connectivity index (χ1n) is 7.06. The van der Waals surface area contributed by atoms with Gasteiger partial charge in [-0.3, -0.25) is 4.99 Å². The molecule has 1 aromatic carbocycles.